The number of anilines is 1. The third kappa shape index (κ3) is 3.40. The second-order valence-corrected chi connectivity index (χ2v) is 6.55. The standard InChI is InChI=1S/C15H16ClN3O2S/c16-11-3-1-10(2-4-11)14-12(22-15(17)18-14)9-13(20)19-5-7-21-8-6-19/h1-4H,5-9H2,(H2,17,18). The van der Waals surface area contributed by atoms with Gasteiger partial charge in [-0.05, 0) is 12.1 Å². The van der Waals surface area contributed by atoms with E-state index in [0.29, 0.717) is 42.9 Å². The van der Waals surface area contributed by atoms with E-state index in [-0.39, 0.29) is 5.91 Å². The van der Waals surface area contributed by atoms with E-state index in [1.807, 2.05) is 17.0 Å². The van der Waals surface area contributed by atoms with Crippen molar-refractivity contribution in [1.29, 1.82) is 0 Å². The second-order valence-electron chi connectivity index (χ2n) is 5.00. The molecule has 2 aromatic rings. The second kappa shape index (κ2) is 6.64. The minimum Gasteiger partial charge on any atom is -0.378 e. The number of nitrogens with two attached hydrogens (primary N) is 1. The molecule has 22 heavy (non-hydrogen) atoms. The van der Waals surface area contributed by atoms with Gasteiger partial charge in [-0.1, -0.05) is 23.7 Å². The molecule has 7 heteroatoms. The van der Waals surface area contributed by atoms with Crippen LogP contribution in [0.25, 0.3) is 11.3 Å². The highest BCUT2D eigenvalue weighted by molar-refractivity contribution is 7.15. The lowest BCUT2D eigenvalue weighted by Gasteiger charge is -2.26. The molecule has 1 saturated heterocycles. The van der Waals surface area contributed by atoms with Gasteiger partial charge < -0.3 is 15.4 Å². The van der Waals surface area contributed by atoms with Gasteiger partial charge in [0, 0.05) is 28.6 Å². The Morgan fingerprint density at radius 1 is 1.32 bits per heavy atom. The van der Waals surface area contributed by atoms with Gasteiger partial charge in [0.25, 0.3) is 0 Å². The Hall–Kier alpha value is -1.63. The Labute approximate surface area is 137 Å². The summed E-state index contributed by atoms with van der Waals surface area (Å²) in [5.74, 6) is 0.0853. The molecule has 2 heterocycles. The lowest BCUT2D eigenvalue weighted by atomic mass is 10.1. The molecule has 0 atom stereocenters. The van der Waals surface area contributed by atoms with E-state index in [4.69, 9.17) is 22.1 Å². The quantitative estimate of drug-likeness (QED) is 0.934. The fourth-order valence-electron chi connectivity index (χ4n) is 2.38. The van der Waals surface area contributed by atoms with Crippen molar-refractivity contribution >= 4 is 34.0 Å². The summed E-state index contributed by atoms with van der Waals surface area (Å²) in [5.41, 5.74) is 7.52. The van der Waals surface area contributed by atoms with Gasteiger partial charge in [0.1, 0.15) is 0 Å². The van der Waals surface area contributed by atoms with Crippen molar-refractivity contribution in [3.8, 4) is 11.3 Å². The molecule has 1 aromatic carbocycles. The predicted octanol–water partition coefficient (Wildman–Crippen LogP) is 2.45. The molecule has 3 rings (SSSR count). The molecule has 0 radical (unpaired) electrons. The van der Waals surface area contributed by atoms with Gasteiger partial charge in [0.05, 0.1) is 25.3 Å². The number of rotatable bonds is 3. The summed E-state index contributed by atoms with van der Waals surface area (Å²) in [6.45, 7) is 2.48. The van der Waals surface area contributed by atoms with Gasteiger partial charge in [0.2, 0.25) is 5.91 Å². The van der Waals surface area contributed by atoms with E-state index in [0.717, 1.165) is 16.1 Å². The topological polar surface area (TPSA) is 68.5 Å². The molecule has 5 nitrogen and oxygen atoms in total. The molecule has 1 aromatic heterocycles. The van der Waals surface area contributed by atoms with Gasteiger partial charge in [0.15, 0.2) is 5.13 Å². The van der Waals surface area contributed by atoms with Crippen molar-refractivity contribution in [2.45, 2.75) is 6.42 Å². The maximum Gasteiger partial charge on any atom is 0.228 e. The first kappa shape index (κ1) is 15.3. The minimum absolute atomic E-state index is 0.0853. The third-order valence-corrected chi connectivity index (χ3v) is 4.64. The molecule has 2 N–H and O–H groups in total. The number of carbonyl (C=O) groups excluding carboxylic acids is 1. The lowest BCUT2D eigenvalue weighted by Crippen LogP contribution is -2.41. The Morgan fingerprint density at radius 3 is 2.68 bits per heavy atom. The molecule has 116 valence electrons. The summed E-state index contributed by atoms with van der Waals surface area (Å²) < 4.78 is 5.27. The zero-order chi connectivity index (χ0) is 15.5. The number of thiazole rings is 1. The number of aromatic nitrogens is 1. The maximum absolute atomic E-state index is 12.4. The number of carbonyl (C=O) groups is 1. The fourth-order valence-corrected chi connectivity index (χ4v) is 3.36. The largest absolute Gasteiger partial charge is 0.378 e. The highest BCUT2D eigenvalue weighted by Crippen LogP contribution is 2.31. The molecule has 1 aliphatic heterocycles. The minimum atomic E-state index is 0.0853. The van der Waals surface area contributed by atoms with Crippen molar-refractivity contribution in [1.82, 2.24) is 9.88 Å². The van der Waals surface area contributed by atoms with E-state index >= 15 is 0 Å². The van der Waals surface area contributed by atoms with E-state index in [1.54, 1.807) is 12.1 Å². The zero-order valence-corrected chi connectivity index (χ0v) is 13.5. The number of hydrogen-bond acceptors (Lipinski definition) is 5. The van der Waals surface area contributed by atoms with Gasteiger partial charge in [-0.15, -0.1) is 11.3 Å². The average molecular weight is 338 g/mol. The number of morpholine rings is 1. The Kier molecular flexibility index (Phi) is 4.61. The van der Waals surface area contributed by atoms with Crippen molar-refractivity contribution in [2.24, 2.45) is 0 Å². The van der Waals surface area contributed by atoms with Crippen LogP contribution in [0.5, 0.6) is 0 Å². The highest BCUT2D eigenvalue weighted by atomic mass is 35.5. The van der Waals surface area contributed by atoms with Crippen molar-refractivity contribution in [3.05, 3.63) is 34.2 Å². The SMILES string of the molecule is Nc1nc(-c2ccc(Cl)cc2)c(CC(=O)N2CCOCC2)s1. The monoisotopic (exact) mass is 337 g/mol. The number of nitrogen functional groups attached to an aromatic ring is 1. The van der Waals surface area contributed by atoms with Crippen LogP contribution in [0.4, 0.5) is 5.13 Å². The summed E-state index contributed by atoms with van der Waals surface area (Å²) >= 11 is 7.28. The average Bonchev–Trinajstić information content (AvgIpc) is 2.89. The molecule has 0 aliphatic carbocycles. The molecule has 0 spiro atoms. The molecule has 1 aliphatic rings. The van der Waals surface area contributed by atoms with E-state index in [1.165, 1.54) is 11.3 Å². The van der Waals surface area contributed by atoms with Crippen LogP contribution >= 0.6 is 22.9 Å². The summed E-state index contributed by atoms with van der Waals surface area (Å²) in [6.07, 6.45) is 0.312. The Morgan fingerprint density at radius 2 is 2.00 bits per heavy atom. The van der Waals surface area contributed by atoms with E-state index in [9.17, 15) is 4.79 Å². The number of halogens is 1. The number of nitrogens with zero attached hydrogens (tertiary/aromatic N) is 2. The van der Waals surface area contributed by atoms with Crippen LogP contribution in [0.15, 0.2) is 24.3 Å². The van der Waals surface area contributed by atoms with Crippen molar-refractivity contribution < 1.29 is 9.53 Å². The molecule has 0 bridgehead atoms. The van der Waals surface area contributed by atoms with Crippen LogP contribution in [0.2, 0.25) is 5.02 Å². The molecule has 1 fully saturated rings. The smallest absolute Gasteiger partial charge is 0.228 e. The first-order chi connectivity index (χ1) is 10.6. The molecular weight excluding hydrogens is 322 g/mol. The van der Waals surface area contributed by atoms with Gasteiger partial charge >= 0.3 is 0 Å². The number of amides is 1. The van der Waals surface area contributed by atoms with Crippen LogP contribution < -0.4 is 5.73 Å². The van der Waals surface area contributed by atoms with E-state index < -0.39 is 0 Å². The zero-order valence-electron chi connectivity index (χ0n) is 11.9. The summed E-state index contributed by atoms with van der Waals surface area (Å²) in [6, 6.07) is 7.39. The molecule has 0 unspecified atom stereocenters. The summed E-state index contributed by atoms with van der Waals surface area (Å²) in [4.78, 5) is 19.5. The van der Waals surface area contributed by atoms with Crippen LogP contribution in [0.3, 0.4) is 0 Å². The molecule has 0 saturated carbocycles. The number of benzene rings is 1. The molecular formula is C15H16ClN3O2S. The Balaban J connectivity index is 1.81. The predicted molar refractivity (Wildman–Crippen MR) is 88.1 cm³/mol. The fraction of sp³-hybridized carbons (Fsp3) is 0.333. The first-order valence-electron chi connectivity index (χ1n) is 7.00. The Bertz CT molecular complexity index is 666. The molecule has 1 amide bonds. The van der Waals surface area contributed by atoms with Crippen molar-refractivity contribution in [2.75, 3.05) is 32.0 Å². The highest BCUT2D eigenvalue weighted by Gasteiger charge is 2.21. The first-order valence-corrected chi connectivity index (χ1v) is 8.19. The lowest BCUT2D eigenvalue weighted by molar-refractivity contribution is -0.134. The van der Waals surface area contributed by atoms with Crippen LogP contribution in [-0.2, 0) is 16.0 Å². The van der Waals surface area contributed by atoms with E-state index in [2.05, 4.69) is 4.98 Å². The maximum atomic E-state index is 12.4. The van der Waals surface area contributed by atoms with Crippen molar-refractivity contribution in [3.63, 3.8) is 0 Å². The number of hydrogen-bond donors (Lipinski definition) is 1. The summed E-state index contributed by atoms with van der Waals surface area (Å²) in [5, 5.41) is 1.13. The normalized spacial score (nSPS) is 15.0. The summed E-state index contributed by atoms with van der Waals surface area (Å²) in [7, 11) is 0. The van der Waals surface area contributed by atoms with Gasteiger partial charge in [-0.2, -0.15) is 0 Å². The van der Waals surface area contributed by atoms with Gasteiger partial charge in [-0.25, -0.2) is 4.98 Å². The van der Waals surface area contributed by atoms with Crippen LogP contribution in [-0.4, -0.2) is 42.1 Å². The third-order valence-electron chi connectivity index (χ3n) is 3.51. The van der Waals surface area contributed by atoms with Gasteiger partial charge in [-0.3, -0.25) is 4.79 Å². The van der Waals surface area contributed by atoms with Crippen LogP contribution in [0.1, 0.15) is 4.88 Å². The number of ether oxygens (including phenoxy) is 1. The van der Waals surface area contributed by atoms with Crippen LogP contribution in [0, 0.1) is 0 Å².